The summed E-state index contributed by atoms with van der Waals surface area (Å²) >= 11 is 12.3. The summed E-state index contributed by atoms with van der Waals surface area (Å²) in [5.41, 5.74) is 0.339. The molecule has 1 aliphatic rings. The van der Waals surface area contributed by atoms with Gasteiger partial charge in [-0.25, -0.2) is 9.97 Å². The van der Waals surface area contributed by atoms with Gasteiger partial charge in [0.15, 0.2) is 5.75 Å². The number of aliphatic hydroxyl groups is 1. The van der Waals surface area contributed by atoms with Crippen molar-refractivity contribution in [3.8, 4) is 5.75 Å². The Morgan fingerprint density at radius 3 is 2.54 bits per heavy atom. The first-order valence-corrected chi connectivity index (χ1v) is 9.05. The van der Waals surface area contributed by atoms with E-state index < -0.39 is 0 Å². The summed E-state index contributed by atoms with van der Waals surface area (Å²) < 4.78 is 11.5. The topological polar surface area (TPSA) is 67.7 Å². The molecule has 26 heavy (non-hydrogen) atoms. The van der Waals surface area contributed by atoms with Crippen LogP contribution in [0.2, 0.25) is 10.0 Å². The summed E-state index contributed by atoms with van der Waals surface area (Å²) in [5.74, 6) is 1.10. The maximum Gasteiger partial charge on any atom is 0.225 e. The molecule has 8 heteroatoms. The van der Waals surface area contributed by atoms with Gasteiger partial charge in [0.1, 0.15) is 6.61 Å². The van der Waals surface area contributed by atoms with Gasteiger partial charge < -0.3 is 19.5 Å². The van der Waals surface area contributed by atoms with Crippen LogP contribution in [0.15, 0.2) is 30.6 Å². The number of anilines is 1. The van der Waals surface area contributed by atoms with E-state index >= 15 is 0 Å². The van der Waals surface area contributed by atoms with Crippen LogP contribution in [0, 0.1) is 0 Å². The van der Waals surface area contributed by atoms with Crippen LogP contribution in [0.5, 0.6) is 5.75 Å². The van der Waals surface area contributed by atoms with E-state index in [0.717, 1.165) is 5.56 Å². The molecule has 3 rings (SSSR count). The van der Waals surface area contributed by atoms with E-state index in [1.165, 1.54) is 0 Å². The molecule has 0 radical (unpaired) electrons. The van der Waals surface area contributed by atoms with E-state index in [0.29, 0.717) is 34.8 Å². The first-order valence-electron chi connectivity index (χ1n) is 8.29. The van der Waals surface area contributed by atoms with E-state index in [4.69, 9.17) is 32.7 Å². The lowest BCUT2D eigenvalue weighted by Gasteiger charge is -2.42. The Balaban J connectivity index is 1.67. The van der Waals surface area contributed by atoms with Gasteiger partial charge in [-0.3, -0.25) is 0 Å². The predicted octanol–water partition coefficient (Wildman–Crippen LogP) is 3.34. The van der Waals surface area contributed by atoms with Gasteiger partial charge in [0, 0.05) is 28.7 Å². The minimum atomic E-state index is -0.384. The fraction of sp³-hybridized carbons (Fsp3) is 0.444. The van der Waals surface area contributed by atoms with Crippen molar-refractivity contribution in [1.29, 1.82) is 0 Å². The molecule has 1 atom stereocenters. The second kappa shape index (κ2) is 7.96. The lowest BCUT2D eigenvalue weighted by Crippen LogP contribution is -2.54. The SMILES string of the molecule is CC1(C)CN(c2ncc(OCc3c(Cl)cccc3Cl)cn2)CC(CO)O1. The molecule has 1 fully saturated rings. The molecule has 1 saturated heterocycles. The zero-order valence-corrected chi connectivity index (χ0v) is 16.2. The lowest BCUT2D eigenvalue weighted by molar-refractivity contribution is -0.101. The number of hydrogen-bond acceptors (Lipinski definition) is 6. The first kappa shape index (κ1) is 19.2. The van der Waals surface area contributed by atoms with Gasteiger partial charge in [0.05, 0.1) is 30.7 Å². The molecule has 0 spiro atoms. The largest absolute Gasteiger partial charge is 0.486 e. The van der Waals surface area contributed by atoms with E-state index in [1.54, 1.807) is 30.6 Å². The second-order valence-corrected chi connectivity index (χ2v) is 7.58. The van der Waals surface area contributed by atoms with Crippen molar-refractivity contribution in [2.24, 2.45) is 0 Å². The van der Waals surface area contributed by atoms with Gasteiger partial charge in [-0.05, 0) is 26.0 Å². The third-order valence-electron chi connectivity index (χ3n) is 4.03. The Kier molecular flexibility index (Phi) is 5.87. The van der Waals surface area contributed by atoms with E-state index in [1.807, 2.05) is 18.7 Å². The van der Waals surface area contributed by atoms with Crippen molar-refractivity contribution in [3.05, 3.63) is 46.2 Å². The summed E-state index contributed by atoms with van der Waals surface area (Å²) in [6, 6.07) is 5.32. The van der Waals surface area contributed by atoms with Crippen molar-refractivity contribution in [3.63, 3.8) is 0 Å². The van der Waals surface area contributed by atoms with Gasteiger partial charge in [-0.2, -0.15) is 0 Å². The maximum atomic E-state index is 9.42. The monoisotopic (exact) mass is 397 g/mol. The van der Waals surface area contributed by atoms with Crippen molar-refractivity contribution < 1.29 is 14.6 Å². The number of aromatic nitrogens is 2. The van der Waals surface area contributed by atoms with Crippen molar-refractivity contribution >= 4 is 29.2 Å². The summed E-state index contributed by atoms with van der Waals surface area (Å²) in [4.78, 5) is 10.8. The number of aliphatic hydroxyl groups excluding tert-OH is 1. The minimum Gasteiger partial charge on any atom is -0.486 e. The number of rotatable bonds is 5. The van der Waals surface area contributed by atoms with E-state index in [9.17, 15) is 5.11 Å². The highest BCUT2D eigenvalue weighted by Gasteiger charge is 2.34. The highest BCUT2D eigenvalue weighted by atomic mass is 35.5. The van der Waals surface area contributed by atoms with Crippen molar-refractivity contribution in [2.75, 3.05) is 24.6 Å². The molecule has 1 aliphatic heterocycles. The fourth-order valence-electron chi connectivity index (χ4n) is 2.92. The number of ether oxygens (including phenoxy) is 2. The molecule has 0 saturated carbocycles. The Hall–Kier alpha value is -1.60. The van der Waals surface area contributed by atoms with Crippen LogP contribution in [-0.2, 0) is 11.3 Å². The molecule has 2 aromatic rings. The molecule has 2 heterocycles. The van der Waals surface area contributed by atoms with Gasteiger partial charge in [-0.15, -0.1) is 0 Å². The van der Waals surface area contributed by atoms with Gasteiger partial charge in [-0.1, -0.05) is 29.3 Å². The van der Waals surface area contributed by atoms with Crippen molar-refractivity contribution in [2.45, 2.75) is 32.2 Å². The number of benzene rings is 1. The lowest BCUT2D eigenvalue weighted by atomic mass is 10.1. The minimum absolute atomic E-state index is 0.0419. The van der Waals surface area contributed by atoms with Crippen LogP contribution in [-0.4, -0.2) is 46.5 Å². The highest BCUT2D eigenvalue weighted by molar-refractivity contribution is 6.35. The average Bonchev–Trinajstić information content (AvgIpc) is 2.60. The quantitative estimate of drug-likeness (QED) is 0.834. The third-order valence-corrected chi connectivity index (χ3v) is 4.74. The number of hydrogen-bond donors (Lipinski definition) is 1. The van der Waals surface area contributed by atoms with Crippen LogP contribution in [0.25, 0.3) is 0 Å². The number of halogens is 2. The molecular formula is C18H21Cl2N3O3. The molecule has 140 valence electrons. The third kappa shape index (κ3) is 4.57. The zero-order valence-electron chi connectivity index (χ0n) is 14.7. The number of morpholine rings is 1. The summed E-state index contributed by atoms with van der Waals surface area (Å²) in [6.07, 6.45) is 2.97. The summed E-state index contributed by atoms with van der Waals surface area (Å²) in [7, 11) is 0. The van der Waals surface area contributed by atoms with E-state index in [2.05, 4.69) is 9.97 Å². The molecule has 6 nitrogen and oxygen atoms in total. The Morgan fingerprint density at radius 2 is 1.92 bits per heavy atom. The molecule has 1 N–H and O–H groups in total. The van der Waals surface area contributed by atoms with Crippen molar-refractivity contribution in [1.82, 2.24) is 9.97 Å². The van der Waals surface area contributed by atoms with Crippen LogP contribution in [0.3, 0.4) is 0 Å². The summed E-state index contributed by atoms with van der Waals surface area (Å²) in [5, 5.41) is 10.5. The Morgan fingerprint density at radius 1 is 1.27 bits per heavy atom. The molecule has 0 amide bonds. The van der Waals surface area contributed by atoms with Crippen LogP contribution in [0.4, 0.5) is 5.95 Å². The molecule has 1 aromatic carbocycles. The second-order valence-electron chi connectivity index (χ2n) is 6.77. The zero-order chi connectivity index (χ0) is 18.7. The molecular weight excluding hydrogens is 377 g/mol. The van der Waals surface area contributed by atoms with Gasteiger partial charge in [0.25, 0.3) is 0 Å². The van der Waals surface area contributed by atoms with Crippen LogP contribution >= 0.6 is 23.2 Å². The highest BCUT2D eigenvalue weighted by Crippen LogP contribution is 2.27. The standard InChI is InChI=1S/C18H21Cl2N3O3/c1-18(2)11-23(8-13(9-24)26-18)17-21-6-12(7-22-17)25-10-14-15(19)4-3-5-16(14)20/h3-7,13,24H,8-11H2,1-2H3. The molecule has 1 aromatic heterocycles. The Labute approximate surface area is 162 Å². The normalized spacial score (nSPS) is 19.4. The first-order chi connectivity index (χ1) is 12.4. The smallest absolute Gasteiger partial charge is 0.225 e. The average molecular weight is 398 g/mol. The van der Waals surface area contributed by atoms with Gasteiger partial charge in [0.2, 0.25) is 5.95 Å². The Bertz CT molecular complexity index is 736. The summed E-state index contributed by atoms with van der Waals surface area (Å²) in [6.45, 7) is 5.33. The molecule has 0 bridgehead atoms. The maximum absolute atomic E-state index is 9.42. The van der Waals surface area contributed by atoms with Crippen LogP contribution in [0.1, 0.15) is 19.4 Å². The van der Waals surface area contributed by atoms with E-state index in [-0.39, 0.29) is 24.9 Å². The molecule has 0 aliphatic carbocycles. The van der Waals surface area contributed by atoms with Gasteiger partial charge >= 0.3 is 0 Å². The number of nitrogens with zero attached hydrogens (tertiary/aromatic N) is 3. The molecule has 1 unspecified atom stereocenters. The predicted molar refractivity (Wildman–Crippen MR) is 101 cm³/mol. The fourth-order valence-corrected chi connectivity index (χ4v) is 3.42. The van der Waals surface area contributed by atoms with Crippen LogP contribution < -0.4 is 9.64 Å².